The van der Waals surface area contributed by atoms with Crippen molar-refractivity contribution in [1.29, 1.82) is 0 Å². The van der Waals surface area contributed by atoms with Gasteiger partial charge in [0.15, 0.2) is 0 Å². The summed E-state index contributed by atoms with van der Waals surface area (Å²) in [6.07, 6.45) is 0. The molecular weight excluding hydrogens is 471 g/mol. The Labute approximate surface area is 285 Å². The van der Waals surface area contributed by atoms with Crippen molar-refractivity contribution in [1.82, 2.24) is 0 Å². The SMILES string of the molecule is [B]B=BB=BB=BB=BB=BB=BB=BB=BB=BB=BB=BB=BB=BB=BB=BB=BB=BB=BB=BB=BOC. The Morgan fingerprint density at radius 3 is 0.512 bits per heavy atom. The van der Waals surface area contributed by atoms with Gasteiger partial charge in [-0.25, -0.2) is 0 Å². The number of hydrogen-bond donors (Lipinski definition) is 0. The van der Waals surface area contributed by atoms with Crippen LogP contribution in [0, 0.1) is 0 Å². The van der Waals surface area contributed by atoms with Crippen molar-refractivity contribution in [2.45, 2.75) is 0 Å². The molecule has 0 aromatic carbocycles. The van der Waals surface area contributed by atoms with E-state index in [0.717, 1.165) is 0 Å². The molecule has 1 nitrogen and oxygen atoms in total. The van der Waals surface area contributed by atoms with E-state index in [4.69, 9.17) is 12.4 Å². The first kappa shape index (κ1) is 45.5. The molecule has 0 saturated heterocycles. The summed E-state index contributed by atoms with van der Waals surface area (Å²) < 4.78 is 4.81. The van der Waals surface area contributed by atoms with E-state index in [1.54, 1.807) is 20.8 Å². The fourth-order valence-corrected chi connectivity index (χ4v) is 2.50. The Balaban J connectivity index is 4.03. The fourth-order valence-electron chi connectivity index (χ4n) is 2.50. The van der Waals surface area contributed by atoms with Crippen LogP contribution >= 0.6 is 0 Å². The van der Waals surface area contributed by atoms with E-state index >= 15 is 0 Å². The predicted octanol–water partition coefficient (Wildman–Crippen LogP) is -15.5. The van der Waals surface area contributed by atoms with Crippen molar-refractivity contribution in [3.05, 3.63) is 0 Å². The van der Waals surface area contributed by atoms with Gasteiger partial charge in [0.05, 0.1) is 0 Å². The summed E-state index contributed by atoms with van der Waals surface area (Å²) in [5.74, 6) is 0. The second-order valence-electron chi connectivity index (χ2n) is 7.88. The van der Waals surface area contributed by atoms with Gasteiger partial charge in [-0.15, -0.1) is 0 Å². The summed E-state index contributed by atoms with van der Waals surface area (Å²) in [7, 11) is 8.49. The molecule has 0 aliphatic rings. The molecule has 0 unspecified atom stereocenters. The van der Waals surface area contributed by atoms with E-state index in [9.17, 15) is 0 Å². The normalized spacial score (nSPS) is 7.74. The summed E-state index contributed by atoms with van der Waals surface area (Å²) in [4.78, 5) is 0. The third kappa shape index (κ3) is 44.5. The topological polar surface area (TPSA) is 9.23 Å². The summed E-state index contributed by atoms with van der Waals surface area (Å²) in [5, 5.41) is 0. The van der Waals surface area contributed by atoms with E-state index in [1.165, 1.54) is 6.69 Å². The Hall–Kier alpha value is 2.46. The fraction of sp³-hybridized carbons (Fsp3) is 1.00. The van der Waals surface area contributed by atoms with Gasteiger partial charge in [-0.1, -0.05) is 0 Å². The molecule has 0 heterocycles. The van der Waals surface area contributed by atoms with Crippen LogP contribution in [0.15, 0.2) is 0 Å². The van der Waals surface area contributed by atoms with Crippen molar-refractivity contribution < 1.29 is 4.65 Å². The van der Waals surface area contributed by atoms with Crippen molar-refractivity contribution in [2.75, 3.05) is 7.11 Å². The van der Waals surface area contributed by atoms with Crippen LogP contribution < -0.4 is 0 Å². The molecule has 0 bridgehead atoms. The van der Waals surface area contributed by atoms with Crippen LogP contribution in [0.1, 0.15) is 0 Å². The number of rotatable bonds is 20. The van der Waals surface area contributed by atoms with Gasteiger partial charge >= 0.3 is 288 Å². The Morgan fingerprint density at radius 1 is 0.233 bits per heavy atom. The van der Waals surface area contributed by atoms with Crippen LogP contribution in [0.5, 0.6) is 0 Å². The van der Waals surface area contributed by atoms with Crippen molar-refractivity contribution in [2.24, 2.45) is 0 Å². The molecule has 0 amide bonds. The second kappa shape index (κ2) is 44.5. The number of hydrogen-bond acceptors (Lipinski definition) is 1. The maximum absolute atomic E-state index is 5.24. The summed E-state index contributed by atoms with van der Waals surface area (Å²) in [5.41, 5.74) is 0. The minimum absolute atomic E-state index is 1.50. The van der Waals surface area contributed by atoms with Gasteiger partial charge in [-0.3, -0.25) is 0 Å². The second-order valence-corrected chi connectivity index (χ2v) is 7.88. The molecule has 2 radical (unpaired) electrons. The average Bonchev–Trinajstić information content (AvgIpc) is 3.02. The Bertz CT molecular complexity index is 1280. The van der Waals surface area contributed by atoms with E-state index < -0.39 is 0 Å². The van der Waals surface area contributed by atoms with Gasteiger partial charge in [0.25, 0.3) is 0 Å². The first-order valence-electron chi connectivity index (χ1n) is 14.0. The maximum atomic E-state index is 5.24. The van der Waals surface area contributed by atoms with E-state index in [1.807, 2.05) is 248 Å². The summed E-state index contributed by atoms with van der Waals surface area (Å²) in [6, 6.07) is 0. The molecular formula is CH3B41O. The molecule has 42 heteroatoms. The zero-order valence-electron chi connectivity index (χ0n) is 25.1. The van der Waals surface area contributed by atoms with Crippen LogP contribution in [0.4, 0.5) is 0 Å². The van der Waals surface area contributed by atoms with E-state index in [0.29, 0.717) is 0 Å². The zero-order valence-corrected chi connectivity index (χ0v) is 25.1. The van der Waals surface area contributed by atoms with Crippen LogP contribution in [0.25, 0.3) is 0 Å². The quantitative estimate of drug-likeness (QED) is 0.160. The summed E-state index contributed by atoms with van der Waals surface area (Å²) in [6.45, 7) is 76.2. The van der Waals surface area contributed by atoms with Crippen LogP contribution in [-0.4, -0.2) is 283 Å². The van der Waals surface area contributed by atoms with Gasteiger partial charge in [-0.2, -0.15) is 0 Å². The first-order chi connectivity index (χ1) is 21.4. The average molecular weight is 474 g/mol. The molecule has 0 aliphatic heterocycles. The molecule has 0 aliphatic carbocycles. The molecule has 0 saturated carbocycles. The van der Waals surface area contributed by atoms with Gasteiger partial charge in [-0.05, 0) is 0 Å². The van der Waals surface area contributed by atoms with Crippen LogP contribution in [0.2, 0.25) is 0 Å². The van der Waals surface area contributed by atoms with Crippen molar-refractivity contribution in [3.63, 3.8) is 0 Å². The predicted molar refractivity (Wildman–Crippen MR) is 243 cm³/mol. The van der Waals surface area contributed by atoms with Gasteiger partial charge in [0, 0.05) is 0 Å². The third-order valence-corrected chi connectivity index (χ3v) is 4.44. The minimum atomic E-state index is 1.50. The van der Waals surface area contributed by atoms with Crippen molar-refractivity contribution in [3.8, 4) is 0 Å². The summed E-state index contributed by atoms with van der Waals surface area (Å²) >= 11 is 0. The molecule has 0 fully saturated rings. The molecule has 0 aromatic rings. The first-order valence-corrected chi connectivity index (χ1v) is 14.0. The molecule has 0 rings (SSSR count). The third-order valence-electron chi connectivity index (χ3n) is 4.44. The molecule has 0 spiro atoms. The molecule has 0 N–H and O–H groups in total. The zero-order chi connectivity index (χ0) is 31.0. The van der Waals surface area contributed by atoms with Crippen LogP contribution in [-0.2, 0) is 4.65 Å². The monoisotopic (exact) mass is 482 g/mol. The van der Waals surface area contributed by atoms with Gasteiger partial charge in [0.2, 0.25) is 0 Å². The Kier molecular flexibility index (Phi) is 47.0. The van der Waals surface area contributed by atoms with E-state index in [2.05, 4.69) is 0 Å². The standard InChI is InChI=1S/CH3B41O/c1-43-42-41-40-39-38-37-36-35-34-33-32-31-30-29-28-27-26-25-24-23-22-21-20-19-18-17-16-15-14-13-12-11-10-9-8-7-6-5-4-3-2/h1H3. The molecule has 136 valence electrons. The van der Waals surface area contributed by atoms with Crippen molar-refractivity contribution >= 4 is 276 Å². The Morgan fingerprint density at radius 2 is 0.372 bits per heavy atom. The van der Waals surface area contributed by atoms with Crippen LogP contribution in [0.3, 0.4) is 0 Å². The van der Waals surface area contributed by atoms with Gasteiger partial charge in [0.1, 0.15) is 0 Å². The van der Waals surface area contributed by atoms with E-state index in [-0.39, 0.29) is 0 Å². The molecule has 0 atom stereocenters. The molecule has 43 heavy (non-hydrogen) atoms. The van der Waals surface area contributed by atoms with Gasteiger partial charge < -0.3 is 0 Å². The molecule has 0 aromatic heterocycles.